The second-order valence-electron chi connectivity index (χ2n) is 9.44. The zero-order chi connectivity index (χ0) is 22.5. The van der Waals surface area contributed by atoms with Crippen molar-refractivity contribution in [3.63, 3.8) is 0 Å². The molecular weight excluding hydrogens is 392 g/mol. The number of likely N-dealkylation sites (tertiary alicyclic amines) is 2. The second kappa shape index (κ2) is 10.4. The maximum Gasteiger partial charge on any atom is 0.236 e. The summed E-state index contributed by atoms with van der Waals surface area (Å²) in [6.45, 7) is 7.59. The van der Waals surface area contributed by atoms with Crippen molar-refractivity contribution in [1.29, 1.82) is 0 Å². The minimum Gasteiger partial charge on any atom is -0.363 e. The lowest BCUT2D eigenvalue weighted by Crippen LogP contribution is -2.39. The van der Waals surface area contributed by atoms with Crippen molar-refractivity contribution in [2.75, 3.05) is 52.2 Å². The summed E-state index contributed by atoms with van der Waals surface area (Å²) in [4.78, 5) is 42.5. The van der Waals surface area contributed by atoms with Gasteiger partial charge in [-0.3, -0.25) is 14.5 Å². The Balaban J connectivity index is 1.71. The highest BCUT2D eigenvalue weighted by Gasteiger charge is 2.33. The minimum absolute atomic E-state index is 0.0634. The molecule has 8 nitrogen and oxygen atoms in total. The zero-order valence-electron chi connectivity index (χ0n) is 19.8. The fourth-order valence-electron chi connectivity index (χ4n) is 4.35. The van der Waals surface area contributed by atoms with Crippen LogP contribution in [0.15, 0.2) is 6.07 Å². The van der Waals surface area contributed by atoms with Gasteiger partial charge < -0.3 is 14.7 Å². The van der Waals surface area contributed by atoms with Crippen LogP contribution < -0.4 is 4.90 Å². The van der Waals surface area contributed by atoms with Gasteiger partial charge in [-0.1, -0.05) is 12.8 Å². The highest BCUT2D eigenvalue weighted by Crippen LogP contribution is 2.30. The summed E-state index contributed by atoms with van der Waals surface area (Å²) in [5.41, 5.74) is 0.888. The SMILES string of the molecule is CC(C)N1C[C@H](c2cc(N(C)C)nc(CN(C)C(=O)CN3CCCCCC3)n2)CC1=O. The average molecular weight is 431 g/mol. The normalized spacial score (nSPS) is 20.3. The maximum atomic E-state index is 12.8. The third-order valence-electron chi connectivity index (χ3n) is 6.30. The number of carbonyl (C=O) groups is 2. The summed E-state index contributed by atoms with van der Waals surface area (Å²) in [5.74, 6) is 1.78. The number of nitrogens with zero attached hydrogens (tertiary/aromatic N) is 6. The van der Waals surface area contributed by atoms with Gasteiger partial charge in [0.2, 0.25) is 11.8 Å². The first-order chi connectivity index (χ1) is 14.7. The number of aromatic nitrogens is 2. The molecule has 0 aliphatic carbocycles. The first-order valence-corrected chi connectivity index (χ1v) is 11.6. The summed E-state index contributed by atoms with van der Waals surface area (Å²) < 4.78 is 0. The van der Waals surface area contributed by atoms with Crippen LogP contribution in [0.5, 0.6) is 0 Å². The van der Waals surface area contributed by atoms with Crippen LogP contribution in [-0.4, -0.2) is 89.8 Å². The number of anilines is 1. The van der Waals surface area contributed by atoms with Gasteiger partial charge in [0.25, 0.3) is 0 Å². The van der Waals surface area contributed by atoms with Crippen LogP contribution in [0.2, 0.25) is 0 Å². The summed E-state index contributed by atoms with van der Waals surface area (Å²) in [7, 11) is 5.72. The molecule has 31 heavy (non-hydrogen) atoms. The van der Waals surface area contributed by atoms with E-state index < -0.39 is 0 Å². The number of likely N-dealkylation sites (N-methyl/N-ethyl adjacent to an activating group) is 1. The van der Waals surface area contributed by atoms with Gasteiger partial charge in [-0.05, 0) is 39.8 Å². The maximum absolute atomic E-state index is 12.8. The first kappa shape index (κ1) is 23.4. The summed E-state index contributed by atoms with van der Waals surface area (Å²) in [5, 5.41) is 0. The molecule has 0 aromatic carbocycles. The van der Waals surface area contributed by atoms with E-state index in [0.29, 0.717) is 31.9 Å². The molecule has 2 saturated heterocycles. The fourth-order valence-corrected chi connectivity index (χ4v) is 4.35. The molecule has 1 atom stereocenters. The lowest BCUT2D eigenvalue weighted by Gasteiger charge is -2.24. The highest BCUT2D eigenvalue weighted by molar-refractivity contribution is 5.80. The molecule has 2 aliphatic rings. The standard InChI is InChI=1S/C23H38N6O2/c1-17(2)29-14-18(12-22(29)30)19-13-21(26(3)4)25-20(24-19)15-27(5)23(31)16-28-10-8-6-7-9-11-28/h13,17-18H,6-12,14-16H2,1-5H3/t18-/m1/s1. The number of hydrogen-bond acceptors (Lipinski definition) is 6. The lowest BCUT2D eigenvalue weighted by molar-refractivity contribution is -0.132. The number of hydrogen-bond donors (Lipinski definition) is 0. The molecule has 0 N–H and O–H groups in total. The molecule has 2 fully saturated rings. The molecule has 0 spiro atoms. The second-order valence-corrected chi connectivity index (χ2v) is 9.44. The van der Waals surface area contributed by atoms with Gasteiger partial charge in [0.1, 0.15) is 11.6 Å². The van der Waals surface area contributed by atoms with Crippen molar-refractivity contribution < 1.29 is 9.59 Å². The molecule has 1 aromatic rings. The van der Waals surface area contributed by atoms with Gasteiger partial charge in [-0.25, -0.2) is 9.97 Å². The fraction of sp³-hybridized carbons (Fsp3) is 0.739. The van der Waals surface area contributed by atoms with Gasteiger partial charge in [-0.2, -0.15) is 0 Å². The molecule has 3 rings (SSSR count). The molecule has 0 saturated carbocycles. The van der Waals surface area contributed by atoms with E-state index >= 15 is 0 Å². The van der Waals surface area contributed by atoms with E-state index in [1.165, 1.54) is 25.7 Å². The van der Waals surface area contributed by atoms with E-state index in [1.54, 1.807) is 4.90 Å². The Hall–Kier alpha value is -2.22. The average Bonchev–Trinajstić information content (AvgIpc) is 2.93. The van der Waals surface area contributed by atoms with Crippen LogP contribution in [-0.2, 0) is 16.1 Å². The predicted octanol–water partition coefficient (Wildman–Crippen LogP) is 2.10. The Kier molecular flexibility index (Phi) is 7.86. The molecule has 0 bridgehead atoms. The molecule has 3 heterocycles. The van der Waals surface area contributed by atoms with Crippen LogP contribution in [0.4, 0.5) is 5.82 Å². The molecule has 1 aromatic heterocycles. The van der Waals surface area contributed by atoms with Crippen molar-refractivity contribution in [3.05, 3.63) is 17.6 Å². The van der Waals surface area contributed by atoms with Crippen LogP contribution in [0.25, 0.3) is 0 Å². The van der Waals surface area contributed by atoms with E-state index in [2.05, 4.69) is 9.88 Å². The molecule has 0 unspecified atom stereocenters. The third kappa shape index (κ3) is 6.15. The van der Waals surface area contributed by atoms with Gasteiger partial charge in [-0.15, -0.1) is 0 Å². The lowest BCUT2D eigenvalue weighted by atomic mass is 10.0. The van der Waals surface area contributed by atoms with E-state index in [0.717, 1.165) is 24.6 Å². The Morgan fingerprint density at radius 2 is 1.81 bits per heavy atom. The van der Waals surface area contributed by atoms with E-state index in [-0.39, 0.29) is 23.8 Å². The monoisotopic (exact) mass is 430 g/mol. The van der Waals surface area contributed by atoms with E-state index in [1.807, 2.05) is 50.9 Å². The van der Waals surface area contributed by atoms with Crippen LogP contribution in [0.3, 0.4) is 0 Å². The van der Waals surface area contributed by atoms with Crippen molar-refractivity contribution in [3.8, 4) is 0 Å². The van der Waals surface area contributed by atoms with Crippen LogP contribution in [0, 0.1) is 0 Å². The number of carbonyl (C=O) groups excluding carboxylic acids is 2. The topological polar surface area (TPSA) is 72.9 Å². The predicted molar refractivity (Wildman–Crippen MR) is 122 cm³/mol. The van der Waals surface area contributed by atoms with Gasteiger partial charge in [0.05, 0.1) is 18.8 Å². The Morgan fingerprint density at radius 3 is 2.39 bits per heavy atom. The molecule has 172 valence electrons. The molecule has 2 aliphatic heterocycles. The van der Waals surface area contributed by atoms with E-state index in [9.17, 15) is 9.59 Å². The van der Waals surface area contributed by atoms with Crippen molar-refractivity contribution in [2.45, 2.75) is 64.5 Å². The van der Waals surface area contributed by atoms with Gasteiger partial charge >= 0.3 is 0 Å². The summed E-state index contributed by atoms with van der Waals surface area (Å²) in [6, 6.07) is 2.17. The smallest absolute Gasteiger partial charge is 0.236 e. The summed E-state index contributed by atoms with van der Waals surface area (Å²) in [6.07, 6.45) is 5.33. The largest absolute Gasteiger partial charge is 0.363 e. The molecule has 0 radical (unpaired) electrons. The minimum atomic E-state index is 0.0634. The summed E-state index contributed by atoms with van der Waals surface area (Å²) >= 11 is 0. The first-order valence-electron chi connectivity index (χ1n) is 11.6. The van der Waals surface area contributed by atoms with Gasteiger partial charge in [0.15, 0.2) is 0 Å². The van der Waals surface area contributed by atoms with Crippen molar-refractivity contribution in [2.24, 2.45) is 0 Å². The highest BCUT2D eigenvalue weighted by atomic mass is 16.2. The van der Waals surface area contributed by atoms with E-state index in [4.69, 9.17) is 4.98 Å². The Bertz CT molecular complexity index is 773. The quantitative estimate of drug-likeness (QED) is 0.660. The number of rotatable bonds is 7. The Labute approximate surface area is 186 Å². The van der Waals surface area contributed by atoms with Gasteiger partial charge in [0, 0.05) is 52.1 Å². The molecule has 8 heteroatoms. The Morgan fingerprint density at radius 1 is 1.13 bits per heavy atom. The third-order valence-corrected chi connectivity index (χ3v) is 6.30. The molecular formula is C23H38N6O2. The van der Waals surface area contributed by atoms with Crippen LogP contribution >= 0.6 is 0 Å². The number of amides is 2. The molecule has 2 amide bonds. The van der Waals surface area contributed by atoms with Crippen LogP contribution in [0.1, 0.15) is 63.4 Å². The zero-order valence-corrected chi connectivity index (χ0v) is 19.8. The van der Waals surface area contributed by atoms with Crippen molar-refractivity contribution >= 4 is 17.6 Å². The van der Waals surface area contributed by atoms with Crippen molar-refractivity contribution in [1.82, 2.24) is 24.7 Å².